The highest BCUT2D eigenvalue weighted by Crippen LogP contribution is 2.47. The van der Waals surface area contributed by atoms with Crippen LogP contribution in [0.5, 0.6) is 0 Å². The van der Waals surface area contributed by atoms with Crippen LogP contribution >= 0.6 is 0 Å². The minimum Gasteiger partial charge on any atom is -0.449 e. The molecule has 2 aliphatic heterocycles. The van der Waals surface area contributed by atoms with Gasteiger partial charge in [-0.2, -0.15) is 0 Å². The van der Waals surface area contributed by atoms with E-state index in [4.69, 9.17) is 18.9 Å². The normalized spacial score (nSPS) is 32.8. The zero-order valence-electron chi connectivity index (χ0n) is 30.1. The Hall–Kier alpha value is -1.94. The summed E-state index contributed by atoms with van der Waals surface area (Å²) in [7, 11) is 1.65. The maximum atomic E-state index is 13.0. The molecular formula is C37H64N2O7. The second kappa shape index (κ2) is 18.0. The van der Waals surface area contributed by atoms with E-state index < -0.39 is 6.10 Å². The molecule has 9 heteroatoms. The molecule has 0 unspecified atom stereocenters. The largest absolute Gasteiger partial charge is 0.449 e. The van der Waals surface area contributed by atoms with Gasteiger partial charge in [0.2, 0.25) is 5.91 Å². The highest BCUT2D eigenvalue weighted by atomic mass is 16.6. The molecule has 3 fully saturated rings. The number of nitrogens with zero attached hydrogens (tertiary/aromatic N) is 1. The lowest BCUT2D eigenvalue weighted by molar-refractivity contribution is -0.128. The van der Waals surface area contributed by atoms with Crippen LogP contribution in [0.25, 0.3) is 0 Å². The van der Waals surface area contributed by atoms with Crippen molar-refractivity contribution in [1.82, 2.24) is 10.2 Å². The molecule has 9 atom stereocenters. The average molecular weight is 649 g/mol. The number of hydrogen-bond acceptors (Lipinski definition) is 7. The van der Waals surface area contributed by atoms with E-state index >= 15 is 0 Å². The van der Waals surface area contributed by atoms with Crippen molar-refractivity contribution in [2.24, 2.45) is 29.6 Å². The predicted molar refractivity (Wildman–Crippen MR) is 181 cm³/mol. The number of carbonyl (C=O) groups excluding carboxylic acids is 2. The molecule has 0 spiro atoms. The van der Waals surface area contributed by atoms with Crippen LogP contribution in [0.1, 0.15) is 100 Å². The van der Waals surface area contributed by atoms with Gasteiger partial charge in [-0.15, -0.1) is 0 Å². The standard InChI is InChI=1S/C37H64N2O7/c1-10-39(11-2)36(42)44-23-29-16-18-30(19-17-29)35(41)38-22-31-20-15-26(5)32(45-31)25(4)14-12-13-24(3)21-37(8)34(46-37)27(6)33(43-9)28(7)40/h12-14,24,26-34,40H,10-11,15-23H2,1-9H3,(H,38,41)/b13-12+,25-14+/t24-,26+,27-,28-,29-,30-,31-,32-,33-,34-,37-/m1/s1. The molecule has 0 aromatic rings. The second-order valence-electron chi connectivity index (χ2n) is 14.6. The molecule has 2 saturated heterocycles. The molecule has 264 valence electrons. The summed E-state index contributed by atoms with van der Waals surface area (Å²) in [6.45, 7) is 18.8. The lowest BCUT2D eigenvalue weighted by Gasteiger charge is -2.36. The quantitative estimate of drug-likeness (QED) is 0.150. The predicted octanol–water partition coefficient (Wildman–Crippen LogP) is 6.29. The summed E-state index contributed by atoms with van der Waals surface area (Å²) in [4.78, 5) is 26.8. The Morgan fingerprint density at radius 2 is 1.76 bits per heavy atom. The number of methoxy groups -OCH3 is 1. The van der Waals surface area contributed by atoms with Gasteiger partial charge in [-0.05, 0) is 103 Å². The molecular weight excluding hydrogens is 584 g/mol. The van der Waals surface area contributed by atoms with Crippen LogP contribution in [0.15, 0.2) is 23.8 Å². The Bertz CT molecular complexity index is 1020. The van der Waals surface area contributed by atoms with Crippen LogP contribution in [0.2, 0.25) is 0 Å². The van der Waals surface area contributed by atoms with Gasteiger partial charge in [0.15, 0.2) is 0 Å². The fourth-order valence-corrected chi connectivity index (χ4v) is 7.73. The van der Waals surface area contributed by atoms with Crippen molar-refractivity contribution in [3.8, 4) is 0 Å². The smallest absolute Gasteiger partial charge is 0.409 e. The van der Waals surface area contributed by atoms with E-state index in [0.717, 1.165) is 44.9 Å². The number of hydrogen-bond donors (Lipinski definition) is 2. The van der Waals surface area contributed by atoms with Crippen LogP contribution in [0.4, 0.5) is 4.79 Å². The number of nitrogens with one attached hydrogen (secondary N) is 1. The minimum atomic E-state index is -0.535. The Morgan fingerprint density at radius 1 is 1.09 bits per heavy atom. The summed E-state index contributed by atoms with van der Waals surface area (Å²) in [6.07, 6.45) is 12.0. The van der Waals surface area contributed by atoms with Crippen LogP contribution in [-0.4, -0.2) is 91.5 Å². The molecule has 0 bridgehead atoms. The number of ether oxygens (including phenoxy) is 4. The Balaban J connectivity index is 1.40. The zero-order valence-corrected chi connectivity index (χ0v) is 30.1. The van der Waals surface area contributed by atoms with E-state index in [1.54, 1.807) is 18.9 Å². The van der Waals surface area contributed by atoms with Gasteiger partial charge >= 0.3 is 6.09 Å². The molecule has 3 rings (SSSR count). The maximum absolute atomic E-state index is 13.0. The minimum absolute atomic E-state index is 0.00989. The van der Waals surface area contributed by atoms with Crippen LogP contribution in [0.3, 0.4) is 0 Å². The van der Waals surface area contributed by atoms with Gasteiger partial charge in [-0.3, -0.25) is 4.79 Å². The summed E-state index contributed by atoms with van der Waals surface area (Å²) in [5.74, 6) is 1.34. The number of aliphatic hydroxyl groups is 1. The van der Waals surface area contributed by atoms with Crippen molar-refractivity contribution in [2.75, 3.05) is 33.4 Å². The molecule has 0 aromatic carbocycles. The number of aliphatic hydroxyl groups excluding tert-OH is 1. The van der Waals surface area contributed by atoms with Gasteiger partial charge < -0.3 is 34.3 Å². The van der Waals surface area contributed by atoms with Crippen LogP contribution in [0, 0.1) is 29.6 Å². The first-order chi connectivity index (χ1) is 21.8. The molecule has 1 aliphatic carbocycles. The van der Waals surface area contributed by atoms with Crippen molar-refractivity contribution in [3.63, 3.8) is 0 Å². The van der Waals surface area contributed by atoms with E-state index in [9.17, 15) is 14.7 Å². The summed E-state index contributed by atoms with van der Waals surface area (Å²) in [6, 6.07) is 0. The Kier molecular flexibility index (Phi) is 15.1. The third kappa shape index (κ3) is 10.8. The second-order valence-corrected chi connectivity index (χ2v) is 14.6. The molecule has 9 nitrogen and oxygen atoms in total. The summed E-state index contributed by atoms with van der Waals surface area (Å²) < 4.78 is 23.7. The monoisotopic (exact) mass is 648 g/mol. The number of allylic oxidation sites excluding steroid dienone is 3. The van der Waals surface area contributed by atoms with Crippen molar-refractivity contribution >= 4 is 12.0 Å². The first kappa shape index (κ1) is 38.5. The van der Waals surface area contributed by atoms with Crippen molar-refractivity contribution < 1.29 is 33.6 Å². The van der Waals surface area contributed by atoms with Crippen molar-refractivity contribution in [2.45, 2.75) is 136 Å². The van der Waals surface area contributed by atoms with Crippen LogP contribution in [-0.2, 0) is 23.7 Å². The molecule has 1 saturated carbocycles. The van der Waals surface area contributed by atoms with E-state index in [1.807, 2.05) is 13.8 Å². The number of amides is 2. The maximum Gasteiger partial charge on any atom is 0.409 e. The SMILES string of the molecule is CCN(CC)C(=O)OC[C@H]1CC[C@H](C(=O)NC[C@H]2CC[C@H](C)[C@@H](/C(C)=C/C=C/[C@@H](C)C[C@@]3(C)O[C@@H]3[C@H](C)[C@@H](OC)[C@@H](C)O)O2)CC1. The number of epoxide rings is 1. The lowest BCUT2D eigenvalue weighted by atomic mass is 9.82. The van der Waals surface area contributed by atoms with Gasteiger partial charge in [0.1, 0.15) is 0 Å². The molecule has 46 heavy (non-hydrogen) atoms. The van der Waals surface area contributed by atoms with Gasteiger partial charge in [-0.25, -0.2) is 4.79 Å². The Labute approximate surface area is 278 Å². The first-order valence-electron chi connectivity index (χ1n) is 17.9. The third-order valence-electron chi connectivity index (χ3n) is 10.6. The van der Waals surface area contributed by atoms with Crippen LogP contribution < -0.4 is 5.32 Å². The topological polar surface area (TPSA) is 110 Å². The van der Waals surface area contributed by atoms with Gasteiger partial charge in [-0.1, -0.05) is 39.0 Å². The van der Waals surface area contributed by atoms with E-state index in [2.05, 4.69) is 58.2 Å². The Morgan fingerprint density at radius 3 is 2.37 bits per heavy atom. The zero-order chi connectivity index (χ0) is 34.0. The molecule has 2 amide bonds. The van der Waals surface area contributed by atoms with Gasteiger partial charge in [0.05, 0.1) is 42.7 Å². The molecule has 2 heterocycles. The molecule has 0 aromatic heterocycles. The van der Waals surface area contributed by atoms with E-state index in [-0.39, 0.29) is 53.9 Å². The fraction of sp³-hybridized carbons (Fsp3) is 0.838. The number of rotatable bonds is 16. The highest BCUT2D eigenvalue weighted by Gasteiger charge is 2.56. The number of carbonyl (C=O) groups is 2. The van der Waals surface area contributed by atoms with Gasteiger partial charge in [0.25, 0.3) is 0 Å². The van der Waals surface area contributed by atoms with Gasteiger partial charge in [0, 0.05) is 38.6 Å². The van der Waals surface area contributed by atoms with E-state index in [1.165, 1.54) is 5.57 Å². The summed E-state index contributed by atoms with van der Waals surface area (Å²) in [5, 5.41) is 13.2. The lowest BCUT2D eigenvalue weighted by Crippen LogP contribution is -2.43. The summed E-state index contributed by atoms with van der Waals surface area (Å²) in [5.41, 5.74) is 0.998. The molecule has 2 N–H and O–H groups in total. The van der Waals surface area contributed by atoms with Crippen molar-refractivity contribution in [1.29, 1.82) is 0 Å². The molecule has 0 radical (unpaired) electrons. The third-order valence-corrected chi connectivity index (χ3v) is 10.6. The highest BCUT2D eigenvalue weighted by molar-refractivity contribution is 5.78. The molecule has 3 aliphatic rings. The van der Waals surface area contributed by atoms with E-state index in [0.29, 0.717) is 44.0 Å². The summed E-state index contributed by atoms with van der Waals surface area (Å²) >= 11 is 0. The fourth-order valence-electron chi connectivity index (χ4n) is 7.73. The average Bonchev–Trinajstić information content (AvgIpc) is 3.70. The first-order valence-corrected chi connectivity index (χ1v) is 17.9. The van der Waals surface area contributed by atoms with Crippen molar-refractivity contribution in [3.05, 3.63) is 23.8 Å².